The summed E-state index contributed by atoms with van der Waals surface area (Å²) in [7, 11) is 0. The number of benzene rings is 1. The standard InChI is InChI=1S/C13H19N3/c14-8-7-11-4-3-5-12(10-11)16-13-6-1-2-9-15-13/h3-5,10H,1-2,6-9,14H2,(H,15,16). The van der Waals surface area contributed by atoms with E-state index in [9.17, 15) is 0 Å². The van der Waals surface area contributed by atoms with E-state index in [0.717, 1.165) is 30.9 Å². The van der Waals surface area contributed by atoms with Crippen LogP contribution in [0.15, 0.2) is 29.3 Å². The second kappa shape index (κ2) is 5.66. The fraction of sp³-hybridized carbons (Fsp3) is 0.462. The highest BCUT2D eigenvalue weighted by molar-refractivity contribution is 5.95. The van der Waals surface area contributed by atoms with E-state index in [4.69, 9.17) is 5.73 Å². The Balaban J connectivity index is 2.02. The molecular formula is C13H19N3. The van der Waals surface area contributed by atoms with Gasteiger partial charge >= 0.3 is 0 Å². The first-order valence-corrected chi connectivity index (χ1v) is 5.98. The molecule has 0 saturated heterocycles. The Morgan fingerprint density at radius 1 is 1.31 bits per heavy atom. The van der Waals surface area contributed by atoms with Crippen molar-refractivity contribution in [2.45, 2.75) is 25.7 Å². The van der Waals surface area contributed by atoms with Crippen LogP contribution in [0.5, 0.6) is 0 Å². The van der Waals surface area contributed by atoms with E-state index in [-0.39, 0.29) is 0 Å². The van der Waals surface area contributed by atoms with Gasteiger partial charge in [-0.25, -0.2) is 0 Å². The molecular weight excluding hydrogens is 198 g/mol. The van der Waals surface area contributed by atoms with Crippen molar-refractivity contribution >= 4 is 11.5 Å². The topological polar surface area (TPSA) is 50.4 Å². The van der Waals surface area contributed by atoms with Crippen LogP contribution in [-0.2, 0) is 6.42 Å². The lowest BCUT2D eigenvalue weighted by atomic mass is 10.1. The molecule has 1 aliphatic heterocycles. The third-order valence-electron chi connectivity index (χ3n) is 2.77. The van der Waals surface area contributed by atoms with Crippen LogP contribution in [0.3, 0.4) is 0 Å². The van der Waals surface area contributed by atoms with Crippen molar-refractivity contribution in [3.63, 3.8) is 0 Å². The number of amidine groups is 1. The molecule has 2 rings (SSSR count). The van der Waals surface area contributed by atoms with Crippen molar-refractivity contribution in [3.05, 3.63) is 29.8 Å². The lowest BCUT2D eigenvalue weighted by Crippen LogP contribution is -2.16. The predicted octanol–water partition coefficient (Wildman–Crippen LogP) is 2.18. The van der Waals surface area contributed by atoms with Gasteiger partial charge < -0.3 is 11.1 Å². The third kappa shape index (κ3) is 3.07. The first kappa shape index (κ1) is 11.1. The van der Waals surface area contributed by atoms with Gasteiger partial charge in [0.05, 0.1) is 0 Å². The van der Waals surface area contributed by atoms with Crippen molar-refractivity contribution in [2.75, 3.05) is 18.4 Å². The van der Waals surface area contributed by atoms with Gasteiger partial charge in [0.1, 0.15) is 5.84 Å². The average molecular weight is 217 g/mol. The highest BCUT2D eigenvalue weighted by Gasteiger charge is 2.05. The van der Waals surface area contributed by atoms with E-state index in [2.05, 4.69) is 34.6 Å². The summed E-state index contributed by atoms with van der Waals surface area (Å²) < 4.78 is 0. The summed E-state index contributed by atoms with van der Waals surface area (Å²) in [4.78, 5) is 4.48. The zero-order valence-electron chi connectivity index (χ0n) is 9.58. The maximum atomic E-state index is 5.55. The summed E-state index contributed by atoms with van der Waals surface area (Å²) in [6.07, 6.45) is 4.47. The van der Waals surface area contributed by atoms with Crippen LogP contribution in [0, 0.1) is 0 Å². The number of hydrogen-bond donors (Lipinski definition) is 2. The molecule has 0 aliphatic carbocycles. The number of aliphatic imine (C=N–C) groups is 1. The van der Waals surface area contributed by atoms with Gasteiger partial charge in [-0.1, -0.05) is 12.1 Å². The molecule has 1 aromatic carbocycles. The quantitative estimate of drug-likeness (QED) is 0.815. The van der Waals surface area contributed by atoms with Gasteiger partial charge in [0.15, 0.2) is 0 Å². The van der Waals surface area contributed by atoms with Crippen LogP contribution in [-0.4, -0.2) is 18.9 Å². The smallest absolute Gasteiger partial charge is 0.101 e. The largest absolute Gasteiger partial charge is 0.344 e. The highest BCUT2D eigenvalue weighted by atomic mass is 15.0. The molecule has 1 aromatic rings. The number of nitrogens with zero attached hydrogens (tertiary/aromatic N) is 1. The SMILES string of the molecule is NCCc1cccc(NC2=NCCCC2)c1. The molecule has 3 heteroatoms. The van der Waals surface area contributed by atoms with Gasteiger partial charge in [-0.3, -0.25) is 4.99 Å². The van der Waals surface area contributed by atoms with Crippen LogP contribution in [0.1, 0.15) is 24.8 Å². The first-order chi connectivity index (χ1) is 7.88. The summed E-state index contributed by atoms with van der Waals surface area (Å²) in [5.41, 5.74) is 7.96. The molecule has 0 aromatic heterocycles. The summed E-state index contributed by atoms with van der Waals surface area (Å²) in [6, 6.07) is 8.42. The minimum Gasteiger partial charge on any atom is -0.344 e. The average Bonchev–Trinajstić information content (AvgIpc) is 2.31. The Kier molecular flexibility index (Phi) is 3.94. The lowest BCUT2D eigenvalue weighted by Gasteiger charge is -2.14. The number of nitrogens with two attached hydrogens (primary N) is 1. The molecule has 0 spiro atoms. The third-order valence-corrected chi connectivity index (χ3v) is 2.77. The summed E-state index contributed by atoms with van der Waals surface area (Å²) >= 11 is 0. The van der Waals surface area contributed by atoms with Gasteiger partial charge in [-0.05, 0) is 43.5 Å². The molecule has 0 fully saturated rings. The van der Waals surface area contributed by atoms with Crippen molar-refractivity contribution < 1.29 is 0 Å². The summed E-state index contributed by atoms with van der Waals surface area (Å²) in [5.74, 6) is 1.12. The Bertz CT molecular complexity index is 371. The maximum absolute atomic E-state index is 5.55. The van der Waals surface area contributed by atoms with Gasteiger partial charge in [0.2, 0.25) is 0 Å². The van der Waals surface area contributed by atoms with Gasteiger partial charge in [-0.15, -0.1) is 0 Å². The molecule has 1 aliphatic rings. The van der Waals surface area contributed by atoms with Gasteiger partial charge in [-0.2, -0.15) is 0 Å². The first-order valence-electron chi connectivity index (χ1n) is 5.98. The molecule has 3 nitrogen and oxygen atoms in total. The van der Waals surface area contributed by atoms with Crippen LogP contribution < -0.4 is 11.1 Å². The molecule has 86 valence electrons. The fourth-order valence-electron chi connectivity index (χ4n) is 1.94. The minimum absolute atomic E-state index is 0.699. The number of anilines is 1. The van der Waals surface area contributed by atoms with Crippen molar-refractivity contribution in [3.8, 4) is 0 Å². The Labute approximate surface area is 96.8 Å². The number of nitrogens with one attached hydrogen (secondary N) is 1. The second-order valence-electron chi connectivity index (χ2n) is 4.15. The maximum Gasteiger partial charge on any atom is 0.101 e. The van der Waals surface area contributed by atoms with E-state index < -0.39 is 0 Å². The van der Waals surface area contributed by atoms with Crippen molar-refractivity contribution in [1.29, 1.82) is 0 Å². The van der Waals surface area contributed by atoms with Crippen LogP contribution in [0.2, 0.25) is 0 Å². The Hall–Kier alpha value is -1.35. The van der Waals surface area contributed by atoms with E-state index in [1.807, 2.05) is 0 Å². The monoisotopic (exact) mass is 217 g/mol. The Morgan fingerprint density at radius 3 is 3.00 bits per heavy atom. The molecule has 0 unspecified atom stereocenters. The molecule has 16 heavy (non-hydrogen) atoms. The molecule has 0 amide bonds. The normalized spacial score (nSPS) is 15.7. The fourth-order valence-corrected chi connectivity index (χ4v) is 1.94. The highest BCUT2D eigenvalue weighted by Crippen LogP contribution is 2.14. The number of rotatable bonds is 3. The Morgan fingerprint density at radius 2 is 2.25 bits per heavy atom. The van der Waals surface area contributed by atoms with Crippen LogP contribution in [0.25, 0.3) is 0 Å². The van der Waals surface area contributed by atoms with Gasteiger partial charge in [0, 0.05) is 18.7 Å². The van der Waals surface area contributed by atoms with Crippen molar-refractivity contribution in [1.82, 2.24) is 0 Å². The molecule has 1 heterocycles. The molecule has 0 bridgehead atoms. The zero-order chi connectivity index (χ0) is 11.2. The van der Waals surface area contributed by atoms with E-state index in [1.54, 1.807) is 0 Å². The molecule has 0 radical (unpaired) electrons. The molecule has 3 N–H and O–H groups in total. The molecule has 0 saturated carbocycles. The zero-order valence-corrected chi connectivity index (χ0v) is 9.58. The van der Waals surface area contributed by atoms with Gasteiger partial charge in [0.25, 0.3) is 0 Å². The number of hydrogen-bond acceptors (Lipinski definition) is 3. The molecule has 0 atom stereocenters. The van der Waals surface area contributed by atoms with Crippen LogP contribution in [0.4, 0.5) is 5.69 Å². The predicted molar refractivity (Wildman–Crippen MR) is 69.0 cm³/mol. The van der Waals surface area contributed by atoms with Crippen molar-refractivity contribution in [2.24, 2.45) is 10.7 Å². The van der Waals surface area contributed by atoms with E-state index >= 15 is 0 Å². The van der Waals surface area contributed by atoms with E-state index in [1.165, 1.54) is 18.4 Å². The summed E-state index contributed by atoms with van der Waals surface area (Å²) in [5, 5.41) is 3.39. The second-order valence-corrected chi connectivity index (χ2v) is 4.15. The van der Waals surface area contributed by atoms with E-state index in [0.29, 0.717) is 6.54 Å². The lowest BCUT2D eigenvalue weighted by molar-refractivity contribution is 0.737. The summed E-state index contributed by atoms with van der Waals surface area (Å²) in [6.45, 7) is 1.66. The minimum atomic E-state index is 0.699. The van der Waals surface area contributed by atoms with Crippen LogP contribution >= 0.6 is 0 Å².